The van der Waals surface area contributed by atoms with Gasteiger partial charge in [0.25, 0.3) is 0 Å². The van der Waals surface area contributed by atoms with E-state index in [1.165, 1.54) is 0 Å². The Morgan fingerprint density at radius 1 is 1.27 bits per heavy atom. The smallest absolute Gasteiger partial charge is 0.314 e. The van der Waals surface area contributed by atoms with E-state index in [9.17, 15) is 4.79 Å². The van der Waals surface area contributed by atoms with Gasteiger partial charge in [-0.05, 0) is 12.8 Å². The van der Waals surface area contributed by atoms with Gasteiger partial charge in [0.1, 0.15) is 0 Å². The molecule has 15 heavy (non-hydrogen) atoms. The van der Waals surface area contributed by atoms with Crippen LogP contribution in [0.2, 0.25) is 0 Å². The summed E-state index contributed by atoms with van der Waals surface area (Å²) in [6.45, 7) is 1.40. The second-order valence-electron chi connectivity index (χ2n) is 4.11. The second kappa shape index (κ2) is 4.37. The van der Waals surface area contributed by atoms with Crippen LogP contribution in [0.5, 0.6) is 0 Å². The third-order valence-corrected chi connectivity index (χ3v) is 3.12. The van der Waals surface area contributed by atoms with Crippen molar-refractivity contribution in [3.05, 3.63) is 0 Å². The lowest BCUT2D eigenvalue weighted by molar-refractivity contribution is -0.179. The summed E-state index contributed by atoms with van der Waals surface area (Å²) >= 11 is 0. The molecule has 2 N–H and O–H groups in total. The Labute approximate surface area is 89.5 Å². The van der Waals surface area contributed by atoms with Gasteiger partial charge in [0.2, 0.25) is 0 Å². The molecule has 2 amide bonds. The maximum Gasteiger partial charge on any atom is 0.314 e. The van der Waals surface area contributed by atoms with E-state index in [4.69, 9.17) is 9.47 Å². The van der Waals surface area contributed by atoms with Crippen molar-refractivity contribution >= 4 is 6.03 Å². The highest BCUT2D eigenvalue weighted by atomic mass is 16.7. The van der Waals surface area contributed by atoms with Gasteiger partial charge in [-0.15, -0.1) is 0 Å². The molecule has 86 valence electrons. The SMILES string of the molecule is CNC(=O)NC1CCC2(CC1)OCCO2. The van der Waals surface area contributed by atoms with E-state index in [-0.39, 0.29) is 17.9 Å². The average molecular weight is 214 g/mol. The van der Waals surface area contributed by atoms with Crippen LogP contribution in [0.15, 0.2) is 0 Å². The third kappa shape index (κ3) is 2.41. The normalized spacial score (nSPS) is 25.4. The fraction of sp³-hybridized carbons (Fsp3) is 0.900. The molecule has 0 aromatic rings. The molecule has 1 aliphatic heterocycles. The zero-order valence-corrected chi connectivity index (χ0v) is 9.04. The van der Waals surface area contributed by atoms with Crippen molar-refractivity contribution < 1.29 is 14.3 Å². The molecular formula is C10H18N2O3. The van der Waals surface area contributed by atoms with E-state index in [2.05, 4.69) is 10.6 Å². The van der Waals surface area contributed by atoms with Gasteiger partial charge in [-0.2, -0.15) is 0 Å². The molecular weight excluding hydrogens is 196 g/mol. The summed E-state index contributed by atoms with van der Waals surface area (Å²) in [6.07, 6.45) is 3.60. The van der Waals surface area contributed by atoms with Gasteiger partial charge < -0.3 is 20.1 Å². The van der Waals surface area contributed by atoms with Crippen LogP contribution in [0.25, 0.3) is 0 Å². The molecule has 0 aromatic heterocycles. The number of rotatable bonds is 1. The van der Waals surface area contributed by atoms with Crippen molar-refractivity contribution in [1.29, 1.82) is 0 Å². The van der Waals surface area contributed by atoms with E-state index in [0.717, 1.165) is 25.7 Å². The first-order valence-corrected chi connectivity index (χ1v) is 5.50. The molecule has 0 unspecified atom stereocenters. The molecule has 0 aromatic carbocycles. The Morgan fingerprint density at radius 3 is 2.40 bits per heavy atom. The summed E-state index contributed by atoms with van der Waals surface area (Å²) in [6, 6.07) is 0.146. The van der Waals surface area contributed by atoms with Gasteiger partial charge in [0, 0.05) is 25.9 Å². The molecule has 1 saturated carbocycles. The predicted molar refractivity (Wildman–Crippen MR) is 54.5 cm³/mol. The summed E-state index contributed by atoms with van der Waals surface area (Å²) < 4.78 is 11.2. The summed E-state index contributed by atoms with van der Waals surface area (Å²) in [5, 5.41) is 5.47. The van der Waals surface area contributed by atoms with Crippen molar-refractivity contribution in [2.45, 2.75) is 37.5 Å². The third-order valence-electron chi connectivity index (χ3n) is 3.12. The largest absolute Gasteiger partial charge is 0.348 e. The Kier molecular flexibility index (Phi) is 3.11. The quantitative estimate of drug-likeness (QED) is 0.672. The van der Waals surface area contributed by atoms with Crippen LogP contribution in [0.3, 0.4) is 0 Å². The number of urea groups is 1. The van der Waals surface area contributed by atoms with Crippen molar-refractivity contribution in [2.75, 3.05) is 20.3 Å². The van der Waals surface area contributed by atoms with Crippen molar-refractivity contribution in [2.24, 2.45) is 0 Å². The minimum Gasteiger partial charge on any atom is -0.348 e. The number of hydrogen-bond acceptors (Lipinski definition) is 3. The lowest BCUT2D eigenvalue weighted by atomic mass is 9.90. The molecule has 2 aliphatic rings. The number of carbonyl (C=O) groups is 1. The number of nitrogens with one attached hydrogen (secondary N) is 2. The monoisotopic (exact) mass is 214 g/mol. The van der Waals surface area contributed by atoms with Crippen molar-refractivity contribution in [3.8, 4) is 0 Å². The Morgan fingerprint density at radius 2 is 1.87 bits per heavy atom. The summed E-state index contributed by atoms with van der Waals surface area (Å²) in [5.41, 5.74) is 0. The maximum atomic E-state index is 11.1. The Bertz CT molecular complexity index is 229. The van der Waals surface area contributed by atoms with Crippen LogP contribution >= 0.6 is 0 Å². The molecule has 2 fully saturated rings. The molecule has 0 bridgehead atoms. The molecule has 2 rings (SSSR count). The van der Waals surface area contributed by atoms with Gasteiger partial charge in [0.15, 0.2) is 5.79 Å². The first-order chi connectivity index (χ1) is 7.24. The van der Waals surface area contributed by atoms with Gasteiger partial charge in [0.05, 0.1) is 13.2 Å². The van der Waals surface area contributed by atoms with E-state index in [1.807, 2.05) is 0 Å². The lowest BCUT2D eigenvalue weighted by Gasteiger charge is -2.35. The van der Waals surface area contributed by atoms with Crippen LogP contribution in [-0.2, 0) is 9.47 Å². The van der Waals surface area contributed by atoms with Gasteiger partial charge in [-0.3, -0.25) is 0 Å². The molecule has 1 spiro atoms. The van der Waals surface area contributed by atoms with Gasteiger partial charge >= 0.3 is 6.03 Å². The fourth-order valence-electron chi connectivity index (χ4n) is 2.25. The average Bonchev–Trinajstić information content (AvgIpc) is 2.70. The van der Waals surface area contributed by atoms with Crippen molar-refractivity contribution in [3.63, 3.8) is 0 Å². The highest BCUT2D eigenvalue weighted by molar-refractivity contribution is 5.73. The van der Waals surface area contributed by atoms with Crippen LogP contribution in [0, 0.1) is 0 Å². The molecule has 5 heteroatoms. The van der Waals surface area contributed by atoms with Gasteiger partial charge in [-0.25, -0.2) is 4.79 Å². The van der Waals surface area contributed by atoms with E-state index >= 15 is 0 Å². The molecule has 0 atom stereocenters. The van der Waals surface area contributed by atoms with Crippen LogP contribution in [-0.4, -0.2) is 38.1 Å². The number of amides is 2. The Hall–Kier alpha value is -0.810. The van der Waals surface area contributed by atoms with E-state index in [0.29, 0.717) is 13.2 Å². The highest BCUT2D eigenvalue weighted by Gasteiger charge is 2.40. The van der Waals surface area contributed by atoms with Crippen molar-refractivity contribution in [1.82, 2.24) is 10.6 Å². The van der Waals surface area contributed by atoms with Crippen LogP contribution < -0.4 is 10.6 Å². The standard InChI is InChI=1S/C10H18N2O3/c1-11-9(13)12-8-2-4-10(5-3-8)14-6-7-15-10/h8H,2-7H2,1H3,(H2,11,12,13). The highest BCUT2D eigenvalue weighted by Crippen LogP contribution is 2.35. The fourth-order valence-corrected chi connectivity index (χ4v) is 2.25. The first kappa shape index (κ1) is 10.7. The zero-order valence-electron chi connectivity index (χ0n) is 9.04. The van der Waals surface area contributed by atoms with Crippen LogP contribution in [0.4, 0.5) is 4.79 Å². The first-order valence-electron chi connectivity index (χ1n) is 5.50. The summed E-state index contributed by atoms with van der Waals surface area (Å²) in [4.78, 5) is 11.1. The molecule has 1 aliphatic carbocycles. The number of hydrogen-bond donors (Lipinski definition) is 2. The predicted octanol–water partition coefficient (Wildman–Crippen LogP) is 0.601. The molecule has 1 saturated heterocycles. The lowest BCUT2D eigenvalue weighted by Crippen LogP contribution is -2.46. The zero-order chi connectivity index (χ0) is 10.7. The molecule has 5 nitrogen and oxygen atoms in total. The second-order valence-corrected chi connectivity index (χ2v) is 4.11. The van der Waals surface area contributed by atoms with Crippen LogP contribution in [0.1, 0.15) is 25.7 Å². The van der Waals surface area contributed by atoms with E-state index < -0.39 is 0 Å². The minimum atomic E-state index is -0.332. The number of ether oxygens (including phenoxy) is 2. The topological polar surface area (TPSA) is 59.6 Å². The maximum absolute atomic E-state index is 11.1. The molecule has 1 heterocycles. The minimum absolute atomic E-state index is 0.107. The summed E-state index contributed by atoms with van der Waals surface area (Å²) in [5.74, 6) is -0.332. The summed E-state index contributed by atoms with van der Waals surface area (Å²) in [7, 11) is 1.63. The molecule has 0 radical (unpaired) electrons. The number of carbonyl (C=O) groups excluding carboxylic acids is 1. The Balaban J connectivity index is 1.79. The van der Waals surface area contributed by atoms with E-state index in [1.54, 1.807) is 7.05 Å². The van der Waals surface area contributed by atoms with Gasteiger partial charge in [-0.1, -0.05) is 0 Å².